The fourth-order valence-corrected chi connectivity index (χ4v) is 3.67. The first kappa shape index (κ1) is 15.2. The molecule has 2 aromatic rings. The highest BCUT2D eigenvalue weighted by atomic mass is 32.2. The standard InChI is InChI=1S/C13H19N5O3S/c1-9-17-11-12(15-8-16-13(11)21-9)14-6-10-4-3-5-18(7-10)22(2,19)20/h8,10H,3-7H2,1-2H3,(H,14,15,16)/t10-/m0/s1. The third-order valence-corrected chi connectivity index (χ3v) is 5.08. The highest BCUT2D eigenvalue weighted by Gasteiger charge is 2.26. The van der Waals surface area contributed by atoms with Crippen LogP contribution in [0.25, 0.3) is 11.2 Å². The molecule has 9 heteroatoms. The van der Waals surface area contributed by atoms with E-state index in [1.165, 1.54) is 12.6 Å². The van der Waals surface area contributed by atoms with Gasteiger partial charge >= 0.3 is 0 Å². The van der Waals surface area contributed by atoms with Gasteiger partial charge in [0, 0.05) is 26.6 Å². The van der Waals surface area contributed by atoms with Crippen molar-refractivity contribution < 1.29 is 12.8 Å². The molecule has 0 bridgehead atoms. The van der Waals surface area contributed by atoms with E-state index in [-0.39, 0.29) is 5.92 Å². The first-order chi connectivity index (χ1) is 10.4. The normalized spacial score (nSPS) is 20.4. The number of nitrogens with zero attached hydrogens (tertiary/aromatic N) is 4. The maximum Gasteiger partial charge on any atom is 0.252 e. The molecule has 0 amide bonds. The Balaban J connectivity index is 1.69. The van der Waals surface area contributed by atoms with Gasteiger partial charge in [0.05, 0.1) is 6.26 Å². The van der Waals surface area contributed by atoms with Crippen LogP contribution in [-0.2, 0) is 10.0 Å². The number of sulfonamides is 1. The number of rotatable bonds is 4. The van der Waals surface area contributed by atoms with Crippen LogP contribution in [0.2, 0.25) is 0 Å². The third kappa shape index (κ3) is 3.20. The molecule has 0 radical (unpaired) electrons. The van der Waals surface area contributed by atoms with Gasteiger partial charge < -0.3 is 9.73 Å². The lowest BCUT2D eigenvalue weighted by Crippen LogP contribution is -2.41. The summed E-state index contributed by atoms with van der Waals surface area (Å²) in [7, 11) is -3.12. The number of aromatic nitrogens is 3. The van der Waals surface area contributed by atoms with Crippen molar-refractivity contribution >= 4 is 27.1 Å². The second kappa shape index (κ2) is 5.81. The third-order valence-electron chi connectivity index (χ3n) is 3.81. The van der Waals surface area contributed by atoms with Gasteiger partial charge in [0.1, 0.15) is 6.33 Å². The minimum Gasteiger partial charge on any atom is -0.422 e. The molecule has 1 saturated heterocycles. The molecule has 2 aromatic heterocycles. The Kier molecular flexibility index (Phi) is 4.00. The summed E-state index contributed by atoms with van der Waals surface area (Å²) in [6.07, 6.45) is 4.56. The van der Waals surface area contributed by atoms with Crippen LogP contribution in [0, 0.1) is 12.8 Å². The van der Waals surface area contributed by atoms with Crippen molar-refractivity contribution in [3.63, 3.8) is 0 Å². The molecule has 1 N–H and O–H groups in total. The number of anilines is 1. The van der Waals surface area contributed by atoms with Gasteiger partial charge in [-0.15, -0.1) is 0 Å². The molecular formula is C13H19N5O3S. The molecule has 0 saturated carbocycles. The van der Waals surface area contributed by atoms with Gasteiger partial charge in [0.15, 0.2) is 17.2 Å². The van der Waals surface area contributed by atoms with Crippen LogP contribution in [0.3, 0.4) is 0 Å². The van der Waals surface area contributed by atoms with Crippen LogP contribution in [0.5, 0.6) is 0 Å². The Hall–Kier alpha value is -1.74. The summed E-state index contributed by atoms with van der Waals surface area (Å²) in [5.74, 6) is 1.42. The molecule has 3 heterocycles. The summed E-state index contributed by atoms with van der Waals surface area (Å²) < 4.78 is 30.2. The van der Waals surface area contributed by atoms with Gasteiger partial charge in [-0.25, -0.2) is 22.7 Å². The minimum absolute atomic E-state index is 0.251. The molecule has 0 aliphatic carbocycles. The van der Waals surface area contributed by atoms with E-state index >= 15 is 0 Å². The molecule has 3 rings (SSSR count). The van der Waals surface area contributed by atoms with Crippen LogP contribution < -0.4 is 5.32 Å². The van der Waals surface area contributed by atoms with Crippen molar-refractivity contribution in [3.8, 4) is 0 Å². The molecule has 0 spiro atoms. The number of piperidine rings is 1. The Morgan fingerprint density at radius 2 is 2.27 bits per heavy atom. The molecule has 120 valence electrons. The fourth-order valence-electron chi connectivity index (χ4n) is 2.72. The lowest BCUT2D eigenvalue weighted by molar-refractivity contribution is 0.276. The maximum atomic E-state index is 11.6. The van der Waals surface area contributed by atoms with Crippen LogP contribution in [-0.4, -0.2) is 53.6 Å². The van der Waals surface area contributed by atoms with Gasteiger partial charge in [0.2, 0.25) is 10.0 Å². The summed E-state index contributed by atoms with van der Waals surface area (Å²) in [5.41, 5.74) is 1.06. The van der Waals surface area contributed by atoms with Crippen LogP contribution in [0.4, 0.5) is 5.82 Å². The van der Waals surface area contributed by atoms with Crippen LogP contribution in [0.15, 0.2) is 10.7 Å². The predicted molar refractivity (Wildman–Crippen MR) is 82.0 cm³/mol. The monoisotopic (exact) mass is 325 g/mol. The van der Waals surface area contributed by atoms with E-state index in [2.05, 4.69) is 20.3 Å². The van der Waals surface area contributed by atoms with Crippen molar-refractivity contribution in [2.75, 3.05) is 31.2 Å². The number of hydrogen-bond donors (Lipinski definition) is 1. The SMILES string of the molecule is Cc1nc2c(NC[C@@H]3CCCN(S(C)(=O)=O)C3)ncnc2o1. The summed E-state index contributed by atoms with van der Waals surface area (Å²) in [6, 6.07) is 0. The zero-order valence-electron chi connectivity index (χ0n) is 12.6. The number of oxazole rings is 1. The average molecular weight is 325 g/mol. The van der Waals surface area contributed by atoms with E-state index in [1.54, 1.807) is 11.2 Å². The Labute approximate surface area is 129 Å². The lowest BCUT2D eigenvalue weighted by Gasteiger charge is -2.31. The number of aryl methyl sites for hydroxylation is 1. The van der Waals surface area contributed by atoms with Crippen LogP contribution >= 0.6 is 0 Å². The molecule has 8 nitrogen and oxygen atoms in total. The van der Waals surface area contributed by atoms with Crippen molar-refractivity contribution in [2.24, 2.45) is 5.92 Å². The highest BCUT2D eigenvalue weighted by Crippen LogP contribution is 2.22. The van der Waals surface area contributed by atoms with Gasteiger partial charge in [-0.3, -0.25) is 0 Å². The van der Waals surface area contributed by atoms with Crippen molar-refractivity contribution in [1.82, 2.24) is 19.3 Å². The molecular weight excluding hydrogens is 306 g/mol. The first-order valence-electron chi connectivity index (χ1n) is 7.20. The molecule has 1 atom stereocenters. The topological polar surface area (TPSA) is 101 Å². The Morgan fingerprint density at radius 1 is 1.45 bits per heavy atom. The molecule has 1 aliphatic heterocycles. The average Bonchev–Trinajstić information content (AvgIpc) is 2.85. The van der Waals surface area contributed by atoms with Crippen molar-refractivity contribution in [3.05, 3.63) is 12.2 Å². The van der Waals surface area contributed by atoms with Gasteiger partial charge in [0.25, 0.3) is 5.71 Å². The van der Waals surface area contributed by atoms with E-state index < -0.39 is 10.0 Å². The minimum atomic E-state index is -3.12. The zero-order chi connectivity index (χ0) is 15.7. The maximum absolute atomic E-state index is 11.6. The van der Waals surface area contributed by atoms with E-state index in [0.29, 0.717) is 42.6 Å². The van der Waals surface area contributed by atoms with E-state index in [1.807, 2.05) is 0 Å². The second-order valence-corrected chi connectivity index (χ2v) is 7.60. The quantitative estimate of drug-likeness (QED) is 0.895. The predicted octanol–water partition coefficient (Wildman–Crippen LogP) is 1.01. The molecule has 0 aromatic carbocycles. The summed E-state index contributed by atoms with van der Waals surface area (Å²) in [5, 5.41) is 3.25. The van der Waals surface area contributed by atoms with Gasteiger partial charge in [-0.05, 0) is 18.8 Å². The van der Waals surface area contributed by atoms with E-state index in [4.69, 9.17) is 4.42 Å². The molecule has 1 aliphatic rings. The van der Waals surface area contributed by atoms with E-state index in [9.17, 15) is 8.42 Å². The van der Waals surface area contributed by atoms with E-state index in [0.717, 1.165) is 12.8 Å². The summed E-state index contributed by atoms with van der Waals surface area (Å²) in [6.45, 7) is 3.55. The number of hydrogen-bond acceptors (Lipinski definition) is 7. The van der Waals surface area contributed by atoms with Crippen molar-refractivity contribution in [2.45, 2.75) is 19.8 Å². The number of nitrogens with one attached hydrogen (secondary N) is 1. The second-order valence-electron chi connectivity index (χ2n) is 5.62. The summed E-state index contributed by atoms with van der Waals surface area (Å²) >= 11 is 0. The highest BCUT2D eigenvalue weighted by molar-refractivity contribution is 7.88. The Bertz CT molecular complexity index is 773. The number of fused-ring (bicyclic) bond motifs is 1. The summed E-state index contributed by atoms with van der Waals surface area (Å²) in [4.78, 5) is 12.5. The van der Waals surface area contributed by atoms with Gasteiger partial charge in [-0.2, -0.15) is 4.98 Å². The molecule has 22 heavy (non-hydrogen) atoms. The van der Waals surface area contributed by atoms with Gasteiger partial charge in [-0.1, -0.05) is 0 Å². The van der Waals surface area contributed by atoms with Crippen LogP contribution in [0.1, 0.15) is 18.7 Å². The first-order valence-corrected chi connectivity index (χ1v) is 9.05. The van der Waals surface area contributed by atoms with Crippen molar-refractivity contribution in [1.29, 1.82) is 0 Å². The molecule has 0 unspecified atom stereocenters. The zero-order valence-corrected chi connectivity index (χ0v) is 13.4. The lowest BCUT2D eigenvalue weighted by atomic mass is 10.00. The molecule has 1 fully saturated rings. The fraction of sp³-hybridized carbons (Fsp3) is 0.615. The Morgan fingerprint density at radius 3 is 3.05 bits per heavy atom. The smallest absolute Gasteiger partial charge is 0.252 e. The largest absolute Gasteiger partial charge is 0.422 e.